The van der Waals surface area contributed by atoms with Crippen LogP contribution >= 0.6 is 0 Å². The second-order valence-corrected chi connectivity index (χ2v) is 7.99. The van der Waals surface area contributed by atoms with Gasteiger partial charge in [-0.3, -0.25) is 9.69 Å². The van der Waals surface area contributed by atoms with Gasteiger partial charge < -0.3 is 5.11 Å². The lowest BCUT2D eigenvalue weighted by Gasteiger charge is -2.39. The Morgan fingerprint density at radius 2 is 1.70 bits per heavy atom. The zero-order valence-corrected chi connectivity index (χ0v) is 19.3. The normalized spacial score (nSPS) is 17.4. The van der Waals surface area contributed by atoms with Crippen molar-refractivity contribution in [3.05, 3.63) is 59.7 Å². The molecule has 1 aliphatic rings. The number of carboxylic acids is 1. The molecule has 2 rings (SSSR count). The summed E-state index contributed by atoms with van der Waals surface area (Å²) in [5.74, 6) is -1.28. The molecule has 0 bridgehead atoms. The number of allylic oxidation sites excluding steroid dienone is 2. The predicted octanol–water partition coefficient (Wildman–Crippen LogP) is 7.12. The highest BCUT2D eigenvalue weighted by Crippen LogP contribution is 2.40. The van der Waals surface area contributed by atoms with Crippen LogP contribution in [0.2, 0.25) is 0 Å². The van der Waals surface area contributed by atoms with E-state index in [4.69, 9.17) is 16.3 Å². The van der Waals surface area contributed by atoms with Gasteiger partial charge in [-0.15, -0.1) is 13.0 Å². The quantitative estimate of drug-likeness (QED) is 0.281. The molecule has 8 heteroatoms. The maximum Gasteiger partial charge on any atom is 0.416 e. The summed E-state index contributed by atoms with van der Waals surface area (Å²) < 4.78 is 65.6. The van der Waals surface area contributed by atoms with Crippen molar-refractivity contribution >= 4 is 5.97 Å². The van der Waals surface area contributed by atoms with E-state index in [2.05, 4.69) is 19.1 Å². The van der Waals surface area contributed by atoms with E-state index in [1.165, 1.54) is 12.1 Å². The van der Waals surface area contributed by atoms with E-state index in [1.54, 1.807) is 6.92 Å². The number of hydrogen-bond acceptors (Lipinski definition) is 2. The summed E-state index contributed by atoms with van der Waals surface area (Å²) >= 11 is 0. The minimum atomic E-state index is -4.42. The number of hydrogen-bond donors (Lipinski definition) is 1. The van der Waals surface area contributed by atoms with Gasteiger partial charge in [0.05, 0.1) is 5.56 Å². The predicted molar refractivity (Wildman–Crippen MR) is 121 cm³/mol. The monoisotopic (exact) mass is 473 g/mol. The van der Waals surface area contributed by atoms with Crippen molar-refractivity contribution in [1.29, 1.82) is 0 Å². The molecule has 1 N–H and O–H groups in total. The number of terminal acetylenes is 1. The van der Waals surface area contributed by atoms with Gasteiger partial charge in [-0.05, 0) is 56.5 Å². The fourth-order valence-electron chi connectivity index (χ4n) is 3.05. The molecule has 1 unspecified atom stereocenters. The van der Waals surface area contributed by atoms with Crippen LogP contribution in [-0.4, -0.2) is 35.0 Å². The Bertz CT molecular complexity index is 819. The molecule has 3 nitrogen and oxygen atoms in total. The third kappa shape index (κ3) is 13.5. The average Bonchev–Trinajstić information content (AvgIpc) is 2.68. The summed E-state index contributed by atoms with van der Waals surface area (Å²) in [4.78, 5) is 10.9. The lowest BCUT2D eigenvalue weighted by atomic mass is 9.91. The van der Waals surface area contributed by atoms with Crippen LogP contribution in [0.4, 0.5) is 22.0 Å². The largest absolute Gasteiger partial charge is 0.481 e. The molecule has 1 aromatic carbocycles. The Morgan fingerprint density at radius 3 is 2.09 bits per heavy atom. The van der Waals surface area contributed by atoms with Crippen LogP contribution in [0.3, 0.4) is 0 Å². The van der Waals surface area contributed by atoms with Crippen LogP contribution in [-0.2, 0) is 11.0 Å². The maximum atomic E-state index is 13.8. The lowest BCUT2D eigenvalue weighted by Crippen LogP contribution is -2.42. The van der Waals surface area contributed by atoms with E-state index in [9.17, 15) is 22.0 Å². The summed E-state index contributed by atoms with van der Waals surface area (Å²) in [7, 11) is 0. The van der Waals surface area contributed by atoms with Crippen LogP contribution in [0.1, 0.15) is 63.6 Å². The van der Waals surface area contributed by atoms with Gasteiger partial charge in [0, 0.05) is 32.4 Å². The summed E-state index contributed by atoms with van der Waals surface area (Å²) in [5, 5.41) is 7.42. The molecule has 1 aromatic rings. The van der Waals surface area contributed by atoms with E-state index in [1.807, 2.05) is 11.8 Å². The molecule has 1 heterocycles. The van der Waals surface area contributed by atoms with Gasteiger partial charge in [0.15, 0.2) is 0 Å². The third-order valence-electron chi connectivity index (χ3n) is 4.62. The van der Waals surface area contributed by atoms with E-state index >= 15 is 0 Å². The summed E-state index contributed by atoms with van der Waals surface area (Å²) in [6.45, 7) is 12.9. The maximum absolute atomic E-state index is 13.8. The summed E-state index contributed by atoms with van der Waals surface area (Å²) in [6, 6.07) is 4.02. The minimum absolute atomic E-state index is 0.211. The number of aliphatic carboxylic acids is 1. The SMILES string of the molecule is C#CC(=C)C.C=C(C)CCCN1CCC(F)(F)CC1c1ccc(C(F)(F)F)cc1.CC(=O)O. The van der Waals surface area contributed by atoms with Gasteiger partial charge in [0.2, 0.25) is 0 Å². The molecule has 184 valence electrons. The molecule has 0 aliphatic carbocycles. The first-order valence-electron chi connectivity index (χ1n) is 10.3. The number of likely N-dealkylation sites (tertiary alicyclic amines) is 1. The number of piperidine rings is 1. The fourth-order valence-corrected chi connectivity index (χ4v) is 3.05. The Hall–Kier alpha value is -2.66. The number of nitrogens with zero attached hydrogens (tertiary/aromatic N) is 1. The smallest absolute Gasteiger partial charge is 0.416 e. The van der Waals surface area contributed by atoms with Gasteiger partial charge in [-0.25, -0.2) is 8.78 Å². The number of carboxylic acid groups (broad SMARTS) is 1. The Balaban J connectivity index is 0.000000968. The first-order valence-corrected chi connectivity index (χ1v) is 10.3. The second kappa shape index (κ2) is 13.8. The van der Waals surface area contributed by atoms with Crippen molar-refractivity contribution in [2.45, 2.75) is 64.6 Å². The molecule has 1 saturated heterocycles. The number of alkyl halides is 5. The first-order chi connectivity index (χ1) is 15.1. The van der Waals surface area contributed by atoms with E-state index in [0.717, 1.165) is 43.0 Å². The van der Waals surface area contributed by atoms with Crippen molar-refractivity contribution in [2.75, 3.05) is 13.1 Å². The van der Waals surface area contributed by atoms with Crippen LogP contribution in [0.15, 0.2) is 48.6 Å². The highest BCUT2D eigenvalue weighted by molar-refractivity contribution is 5.62. The molecule has 0 radical (unpaired) electrons. The molecule has 0 amide bonds. The average molecular weight is 474 g/mol. The first kappa shape index (κ1) is 30.3. The van der Waals surface area contributed by atoms with Crippen molar-refractivity contribution < 1.29 is 31.9 Å². The van der Waals surface area contributed by atoms with Crippen molar-refractivity contribution in [3.8, 4) is 12.3 Å². The molecule has 0 aromatic heterocycles. The number of benzene rings is 1. The van der Waals surface area contributed by atoms with E-state index in [0.29, 0.717) is 12.1 Å². The molecule has 1 atom stereocenters. The van der Waals surface area contributed by atoms with Gasteiger partial charge in [-0.2, -0.15) is 13.2 Å². The highest BCUT2D eigenvalue weighted by atomic mass is 19.4. The van der Waals surface area contributed by atoms with Crippen molar-refractivity contribution in [2.24, 2.45) is 0 Å². The van der Waals surface area contributed by atoms with Crippen LogP contribution < -0.4 is 0 Å². The summed E-state index contributed by atoms with van der Waals surface area (Å²) in [6.07, 6.45) is 1.45. The standard InChI is InChI=1S/C18H22F5N.C5H6.C2H4O2/c1-13(2)4-3-10-24-11-9-17(19,20)12-16(24)14-5-7-15(8-6-14)18(21,22)23;1-4-5(2)3;1-2(3)4/h5-8,16H,1,3-4,9-12H2,2H3;1H,2H2,3H3;1H3,(H,3,4). The Kier molecular flexibility index (Phi) is 12.7. The molecular weight excluding hydrogens is 441 g/mol. The minimum Gasteiger partial charge on any atom is -0.481 e. The highest BCUT2D eigenvalue weighted by Gasteiger charge is 2.41. The molecule has 1 fully saturated rings. The molecule has 33 heavy (non-hydrogen) atoms. The summed E-state index contributed by atoms with van der Waals surface area (Å²) in [5.41, 5.74) is 1.56. The van der Waals surface area contributed by atoms with Crippen molar-refractivity contribution in [1.82, 2.24) is 4.90 Å². The Morgan fingerprint density at radius 1 is 1.21 bits per heavy atom. The molecule has 0 spiro atoms. The Labute approximate surface area is 193 Å². The number of halogens is 5. The van der Waals surface area contributed by atoms with Gasteiger partial charge >= 0.3 is 6.18 Å². The lowest BCUT2D eigenvalue weighted by molar-refractivity contribution is -0.137. The third-order valence-corrected chi connectivity index (χ3v) is 4.62. The zero-order valence-electron chi connectivity index (χ0n) is 19.3. The molecule has 1 aliphatic heterocycles. The zero-order chi connectivity index (χ0) is 25.8. The van der Waals surface area contributed by atoms with Crippen molar-refractivity contribution in [3.63, 3.8) is 0 Å². The molecule has 0 saturated carbocycles. The van der Waals surface area contributed by atoms with E-state index in [-0.39, 0.29) is 19.4 Å². The van der Waals surface area contributed by atoms with Crippen LogP contribution in [0.25, 0.3) is 0 Å². The van der Waals surface area contributed by atoms with Gasteiger partial charge in [0.25, 0.3) is 11.9 Å². The number of carbonyl (C=O) groups is 1. The van der Waals surface area contributed by atoms with Gasteiger partial charge in [0.1, 0.15) is 0 Å². The fraction of sp³-hybridized carbons (Fsp3) is 0.480. The van der Waals surface area contributed by atoms with Crippen LogP contribution in [0.5, 0.6) is 0 Å². The molecular formula is C25H32F5NO2. The number of rotatable bonds is 5. The van der Waals surface area contributed by atoms with Gasteiger partial charge in [-0.1, -0.05) is 30.2 Å². The van der Waals surface area contributed by atoms with E-state index < -0.39 is 29.7 Å². The second-order valence-electron chi connectivity index (χ2n) is 7.99. The van der Waals surface area contributed by atoms with Crippen LogP contribution in [0, 0.1) is 12.3 Å². The topological polar surface area (TPSA) is 40.5 Å².